The van der Waals surface area contributed by atoms with E-state index in [4.69, 9.17) is 0 Å². The highest BCUT2D eigenvalue weighted by Crippen LogP contribution is 2.23. The van der Waals surface area contributed by atoms with Gasteiger partial charge in [-0.05, 0) is 37.6 Å². The Morgan fingerprint density at radius 3 is 2.39 bits per heavy atom. The maximum Gasteiger partial charge on any atom is 0.166 e. The van der Waals surface area contributed by atoms with Crippen LogP contribution in [0.15, 0.2) is 54.6 Å². The van der Waals surface area contributed by atoms with Crippen molar-refractivity contribution in [1.82, 2.24) is 4.90 Å². The highest BCUT2D eigenvalue weighted by molar-refractivity contribution is 5.97. The average Bonchev–Trinajstić information content (AvgIpc) is 2.63. The van der Waals surface area contributed by atoms with E-state index in [1.165, 1.54) is 0 Å². The molecule has 0 bridgehead atoms. The number of nitrogens with zero attached hydrogens (tertiary/aromatic N) is 2. The van der Waals surface area contributed by atoms with E-state index < -0.39 is 0 Å². The topological polar surface area (TPSA) is 44.1 Å². The molecule has 1 aliphatic heterocycles. The standard InChI is InChI=1S/C20H20N2O/c21-14-18-8-4-5-9-19(18)15-22-12-10-17(11-13-22)20(23)16-6-2-1-3-7-16/h1-9,17H,10-13,15H2. The molecule has 0 N–H and O–H groups in total. The molecule has 0 spiro atoms. The molecule has 116 valence electrons. The first-order chi connectivity index (χ1) is 11.3. The maximum atomic E-state index is 12.5. The Bertz CT molecular complexity index is 710. The molecule has 0 unspecified atom stereocenters. The predicted molar refractivity (Wildman–Crippen MR) is 89.9 cm³/mol. The van der Waals surface area contributed by atoms with Crippen molar-refractivity contribution in [1.29, 1.82) is 5.26 Å². The SMILES string of the molecule is N#Cc1ccccc1CN1CCC(C(=O)c2ccccc2)CC1. The van der Waals surface area contributed by atoms with Crippen LogP contribution in [0.1, 0.15) is 34.3 Å². The van der Waals surface area contributed by atoms with E-state index in [1.54, 1.807) is 0 Å². The molecule has 0 amide bonds. The van der Waals surface area contributed by atoms with Crippen LogP contribution in [0.25, 0.3) is 0 Å². The van der Waals surface area contributed by atoms with Gasteiger partial charge in [0, 0.05) is 18.0 Å². The summed E-state index contributed by atoms with van der Waals surface area (Å²) in [4.78, 5) is 14.8. The van der Waals surface area contributed by atoms with Crippen LogP contribution in [0, 0.1) is 17.2 Å². The second-order valence-electron chi connectivity index (χ2n) is 6.05. The van der Waals surface area contributed by atoms with Gasteiger partial charge in [0.25, 0.3) is 0 Å². The van der Waals surface area contributed by atoms with Gasteiger partial charge in [0.05, 0.1) is 11.6 Å². The molecule has 0 saturated carbocycles. The molecule has 3 rings (SSSR count). The molecule has 0 aromatic heterocycles. The van der Waals surface area contributed by atoms with Crippen molar-refractivity contribution in [3.63, 3.8) is 0 Å². The van der Waals surface area contributed by atoms with Crippen molar-refractivity contribution in [3.8, 4) is 6.07 Å². The van der Waals surface area contributed by atoms with Gasteiger partial charge in [-0.3, -0.25) is 9.69 Å². The summed E-state index contributed by atoms with van der Waals surface area (Å²) in [6.45, 7) is 2.60. The fourth-order valence-electron chi connectivity index (χ4n) is 3.20. The Morgan fingerprint density at radius 1 is 1.04 bits per heavy atom. The smallest absolute Gasteiger partial charge is 0.166 e. The molecule has 1 saturated heterocycles. The molecule has 1 aliphatic rings. The van der Waals surface area contributed by atoms with Crippen molar-refractivity contribution >= 4 is 5.78 Å². The number of rotatable bonds is 4. The molecule has 1 fully saturated rings. The quantitative estimate of drug-likeness (QED) is 0.810. The molecule has 3 nitrogen and oxygen atoms in total. The van der Waals surface area contributed by atoms with E-state index in [1.807, 2.05) is 54.6 Å². The monoisotopic (exact) mass is 304 g/mol. The number of ketones is 1. The van der Waals surface area contributed by atoms with Gasteiger partial charge in [0.2, 0.25) is 0 Å². The lowest BCUT2D eigenvalue weighted by atomic mass is 9.88. The highest BCUT2D eigenvalue weighted by Gasteiger charge is 2.25. The second kappa shape index (κ2) is 7.21. The molecule has 0 radical (unpaired) electrons. The van der Waals surface area contributed by atoms with Crippen molar-refractivity contribution in [3.05, 3.63) is 71.3 Å². The molecule has 1 heterocycles. The summed E-state index contributed by atoms with van der Waals surface area (Å²) in [5, 5.41) is 9.18. The Morgan fingerprint density at radius 2 is 1.70 bits per heavy atom. The Kier molecular flexibility index (Phi) is 4.85. The largest absolute Gasteiger partial charge is 0.299 e. The van der Waals surface area contributed by atoms with Crippen LogP contribution in [0.5, 0.6) is 0 Å². The van der Waals surface area contributed by atoms with Gasteiger partial charge in [-0.15, -0.1) is 0 Å². The van der Waals surface area contributed by atoms with Gasteiger partial charge >= 0.3 is 0 Å². The Balaban J connectivity index is 1.59. The van der Waals surface area contributed by atoms with E-state index >= 15 is 0 Å². The molecular weight excluding hydrogens is 284 g/mol. The van der Waals surface area contributed by atoms with E-state index in [-0.39, 0.29) is 11.7 Å². The van der Waals surface area contributed by atoms with Gasteiger partial charge < -0.3 is 0 Å². The number of nitriles is 1. The zero-order valence-corrected chi connectivity index (χ0v) is 13.1. The van der Waals surface area contributed by atoms with E-state index in [0.717, 1.165) is 49.2 Å². The third-order valence-electron chi connectivity index (χ3n) is 4.55. The van der Waals surface area contributed by atoms with Crippen LogP contribution in [-0.4, -0.2) is 23.8 Å². The van der Waals surface area contributed by atoms with Crippen LogP contribution in [0.3, 0.4) is 0 Å². The van der Waals surface area contributed by atoms with Gasteiger partial charge in [-0.25, -0.2) is 0 Å². The van der Waals surface area contributed by atoms with Crippen LogP contribution < -0.4 is 0 Å². The molecule has 0 atom stereocenters. The molecule has 2 aromatic rings. The third-order valence-corrected chi connectivity index (χ3v) is 4.55. The number of hydrogen-bond donors (Lipinski definition) is 0. The van der Waals surface area contributed by atoms with Gasteiger partial charge in [0.15, 0.2) is 5.78 Å². The number of likely N-dealkylation sites (tertiary alicyclic amines) is 1. The van der Waals surface area contributed by atoms with Crippen molar-refractivity contribution < 1.29 is 4.79 Å². The van der Waals surface area contributed by atoms with Gasteiger partial charge in [-0.2, -0.15) is 5.26 Å². The first-order valence-electron chi connectivity index (χ1n) is 8.07. The van der Waals surface area contributed by atoms with E-state index in [2.05, 4.69) is 11.0 Å². The number of carbonyl (C=O) groups excluding carboxylic acids is 1. The third kappa shape index (κ3) is 3.67. The lowest BCUT2D eigenvalue weighted by Gasteiger charge is -2.31. The fraction of sp³-hybridized carbons (Fsp3) is 0.300. The van der Waals surface area contributed by atoms with Crippen molar-refractivity contribution in [2.24, 2.45) is 5.92 Å². The molecule has 3 heteroatoms. The van der Waals surface area contributed by atoms with Crippen LogP contribution in [-0.2, 0) is 6.54 Å². The van der Waals surface area contributed by atoms with Crippen molar-refractivity contribution in [2.75, 3.05) is 13.1 Å². The van der Waals surface area contributed by atoms with E-state index in [9.17, 15) is 10.1 Å². The number of Topliss-reactive ketones (excluding diaryl/α,β-unsaturated/α-hetero) is 1. The molecular formula is C20H20N2O. The maximum absolute atomic E-state index is 12.5. The van der Waals surface area contributed by atoms with Gasteiger partial charge in [-0.1, -0.05) is 48.5 Å². The summed E-state index contributed by atoms with van der Waals surface area (Å²) >= 11 is 0. The molecule has 2 aromatic carbocycles. The minimum Gasteiger partial charge on any atom is -0.299 e. The van der Waals surface area contributed by atoms with E-state index in [0.29, 0.717) is 0 Å². The van der Waals surface area contributed by atoms with Gasteiger partial charge in [0.1, 0.15) is 0 Å². The molecule has 23 heavy (non-hydrogen) atoms. The van der Waals surface area contributed by atoms with Crippen LogP contribution in [0.2, 0.25) is 0 Å². The summed E-state index contributed by atoms with van der Waals surface area (Å²) in [5.41, 5.74) is 2.64. The summed E-state index contributed by atoms with van der Waals surface area (Å²) in [6, 6.07) is 19.6. The number of carbonyl (C=O) groups is 1. The lowest BCUT2D eigenvalue weighted by Crippen LogP contribution is -2.36. The molecule has 0 aliphatic carbocycles. The number of benzene rings is 2. The summed E-state index contributed by atoms with van der Waals surface area (Å²) in [6.07, 6.45) is 1.78. The van der Waals surface area contributed by atoms with Crippen molar-refractivity contribution in [2.45, 2.75) is 19.4 Å². The number of piperidine rings is 1. The zero-order valence-electron chi connectivity index (χ0n) is 13.1. The minimum absolute atomic E-state index is 0.125. The fourth-order valence-corrected chi connectivity index (χ4v) is 3.20. The minimum atomic E-state index is 0.125. The first kappa shape index (κ1) is 15.5. The zero-order chi connectivity index (χ0) is 16.1. The van der Waals surface area contributed by atoms with Crippen LogP contribution in [0.4, 0.5) is 0 Å². The lowest BCUT2D eigenvalue weighted by molar-refractivity contribution is 0.0835. The summed E-state index contributed by atoms with van der Waals surface area (Å²) in [5.74, 6) is 0.391. The predicted octanol–water partition coefficient (Wildman–Crippen LogP) is 3.65. The Labute approximate surface area is 137 Å². The highest BCUT2D eigenvalue weighted by atomic mass is 16.1. The average molecular weight is 304 g/mol. The van der Waals surface area contributed by atoms with Crippen LogP contribution >= 0.6 is 0 Å². The second-order valence-corrected chi connectivity index (χ2v) is 6.05. The Hall–Kier alpha value is -2.44. The summed E-state index contributed by atoms with van der Waals surface area (Å²) in [7, 11) is 0. The summed E-state index contributed by atoms with van der Waals surface area (Å²) < 4.78 is 0. The number of hydrogen-bond acceptors (Lipinski definition) is 3. The normalized spacial score (nSPS) is 16.0. The first-order valence-corrected chi connectivity index (χ1v) is 8.07.